The Morgan fingerprint density at radius 2 is 1.76 bits per heavy atom. The van der Waals surface area contributed by atoms with Crippen LogP contribution in [0.5, 0.6) is 0 Å². The van der Waals surface area contributed by atoms with Crippen LogP contribution in [0.3, 0.4) is 0 Å². The van der Waals surface area contributed by atoms with Crippen LogP contribution >= 0.6 is 0 Å². The highest BCUT2D eigenvalue weighted by Crippen LogP contribution is 2.33. The molecule has 0 saturated carbocycles. The Hall–Kier alpha value is -0.910. The molecule has 4 nitrogen and oxygen atoms in total. The minimum Gasteiger partial charge on any atom is -0.381 e. The van der Waals surface area contributed by atoms with E-state index in [4.69, 9.17) is 10.5 Å². The highest BCUT2D eigenvalue weighted by Gasteiger charge is 2.44. The second-order valence-corrected chi connectivity index (χ2v) is 6.66. The number of sulfone groups is 1. The van der Waals surface area contributed by atoms with Gasteiger partial charge in [-0.2, -0.15) is 0 Å². The lowest BCUT2D eigenvalue weighted by molar-refractivity contribution is 0.0765. The van der Waals surface area contributed by atoms with E-state index in [0.717, 1.165) is 0 Å². The van der Waals surface area contributed by atoms with Gasteiger partial charge in [0.05, 0.1) is 9.64 Å². The monoisotopic (exact) mass is 255 g/mol. The van der Waals surface area contributed by atoms with Gasteiger partial charge in [-0.1, -0.05) is 18.2 Å². The molecule has 17 heavy (non-hydrogen) atoms. The summed E-state index contributed by atoms with van der Waals surface area (Å²) in [6.45, 7) is 1.07. The topological polar surface area (TPSA) is 69.4 Å². The van der Waals surface area contributed by atoms with Gasteiger partial charge in [-0.25, -0.2) is 8.42 Å². The van der Waals surface area contributed by atoms with Crippen LogP contribution in [0.1, 0.15) is 12.8 Å². The summed E-state index contributed by atoms with van der Waals surface area (Å²) in [5, 5.41) is 0. The van der Waals surface area contributed by atoms with E-state index in [1.165, 1.54) is 0 Å². The SMILES string of the molecule is NCC1(S(=O)(=O)c2ccccc2)CCOCC1. The summed E-state index contributed by atoms with van der Waals surface area (Å²) in [6.07, 6.45) is 0.946. The predicted octanol–water partition coefficient (Wildman–Crippen LogP) is 0.968. The fourth-order valence-electron chi connectivity index (χ4n) is 2.18. The molecule has 2 N–H and O–H groups in total. The van der Waals surface area contributed by atoms with Gasteiger partial charge < -0.3 is 10.5 Å². The van der Waals surface area contributed by atoms with Crippen LogP contribution < -0.4 is 5.73 Å². The van der Waals surface area contributed by atoms with Crippen LogP contribution in [-0.2, 0) is 14.6 Å². The Labute approximate surface area is 102 Å². The van der Waals surface area contributed by atoms with Gasteiger partial charge in [0.1, 0.15) is 0 Å². The van der Waals surface area contributed by atoms with Crippen molar-refractivity contribution in [3.05, 3.63) is 30.3 Å². The number of benzene rings is 1. The number of ether oxygens (including phenoxy) is 1. The Kier molecular flexibility index (Phi) is 3.51. The van der Waals surface area contributed by atoms with Gasteiger partial charge in [0.2, 0.25) is 0 Å². The zero-order chi connectivity index (χ0) is 12.4. The lowest BCUT2D eigenvalue weighted by atomic mass is 9.99. The molecule has 1 aromatic rings. The zero-order valence-corrected chi connectivity index (χ0v) is 10.4. The van der Waals surface area contributed by atoms with E-state index in [-0.39, 0.29) is 6.54 Å². The third-order valence-corrected chi connectivity index (χ3v) is 6.01. The highest BCUT2D eigenvalue weighted by atomic mass is 32.2. The molecule has 0 aromatic heterocycles. The normalized spacial score (nSPS) is 20.1. The first-order valence-corrected chi connectivity index (χ1v) is 7.18. The third kappa shape index (κ3) is 2.10. The van der Waals surface area contributed by atoms with E-state index in [0.29, 0.717) is 31.0 Å². The fraction of sp³-hybridized carbons (Fsp3) is 0.500. The van der Waals surface area contributed by atoms with Crippen LogP contribution in [0.15, 0.2) is 35.2 Å². The second-order valence-electron chi connectivity index (χ2n) is 4.32. The highest BCUT2D eigenvalue weighted by molar-refractivity contribution is 7.92. The molecule has 1 aliphatic rings. The maximum absolute atomic E-state index is 12.6. The van der Waals surface area contributed by atoms with Gasteiger partial charge >= 0.3 is 0 Å². The zero-order valence-electron chi connectivity index (χ0n) is 9.63. The van der Waals surface area contributed by atoms with Crippen molar-refractivity contribution >= 4 is 9.84 Å². The van der Waals surface area contributed by atoms with Gasteiger partial charge in [-0.15, -0.1) is 0 Å². The van der Waals surface area contributed by atoms with Gasteiger partial charge in [0.25, 0.3) is 0 Å². The molecule has 1 heterocycles. The first-order valence-electron chi connectivity index (χ1n) is 5.70. The molecule has 1 aliphatic heterocycles. The van der Waals surface area contributed by atoms with Crippen molar-refractivity contribution in [2.75, 3.05) is 19.8 Å². The van der Waals surface area contributed by atoms with Crippen molar-refractivity contribution in [1.82, 2.24) is 0 Å². The molecule has 0 unspecified atom stereocenters. The van der Waals surface area contributed by atoms with Crippen molar-refractivity contribution in [2.24, 2.45) is 5.73 Å². The lowest BCUT2D eigenvalue weighted by Gasteiger charge is -2.35. The number of hydrogen-bond acceptors (Lipinski definition) is 4. The molecule has 2 rings (SSSR count). The summed E-state index contributed by atoms with van der Waals surface area (Å²) in [5.41, 5.74) is 5.73. The van der Waals surface area contributed by atoms with Crippen LogP contribution in [-0.4, -0.2) is 32.9 Å². The average molecular weight is 255 g/mol. The second kappa shape index (κ2) is 4.76. The van der Waals surface area contributed by atoms with E-state index >= 15 is 0 Å². The molecule has 1 fully saturated rings. The summed E-state index contributed by atoms with van der Waals surface area (Å²) in [4.78, 5) is 0.354. The summed E-state index contributed by atoms with van der Waals surface area (Å²) in [6, 6.07) is 8.52. The van der Waals surface area contributed by atoms with Crippen molar-refractivity contribution < 1.29 is 13.2 Å². The van der Waals surface area contributed by atoms with Gasteiger partial charge in [0.15, 0.2) is 9.84 Å². The van der Waals surface area contributed by atoms with Crippen molar-refractivity contribution in [1.29, 1.82) is 0 Å². The first kappa shape index (κ1) is 12.5. The van der Waals surface area contributed by atoms with E-state index < -0.39 is 14.6 Å². The molecule has 0 bridgehead atoms. The Bertz CT molecular complexity index is 464. The maximum atomic E-state index is 12.6. The van der Waals surface area contributed by atoms with Gasteiger partial charge in [0, 0.05) is 19.8 Å². The molecular formula is C12H17NO3S. The molecule has 0 atom stereocenters. The summed E-state index contributed by atoms with van der Waals surface area (Å²) >= 11 is 0. The maximum Gasteiger partial charge on any atom is 0.185 e. The van der Waals surface area contributed by atoms with Crippen molar-refractivity contribution in [2.45, 2.75) is 22.5 Å². The first-order chi connectivity index (χ1) is 8.12. The standard InChI is InChI=1S/C12H17NO3S/c13-10-12(6-8-16-9-7-12)17(14,15)11-4-2-1-3-5-11/h1-5H,6-10,13H2. The molecule has 0 radical (unpaired) electrons. The quantitative estimate of drug-likeness (QED) is 0.873. The Morgan fingerprint density at radius 1 is 1.18 bits per heavy atom. The average Bonchev–Trinajstić information content (AvgIpc) is 2.40. The van der Waals surface area contributed by atoms with E-state index in [9.17, 15) is 8.42 Å². The van der Waals surface area contributed by atoms with Crippen LogP contribution in [0.4, 0.5) is 0 Å². The third-order valence-electron chi connectivity index (χ3n) is 3.40. The largest absolute Gasteiger partial charge is 0.381 e. The lowest BCUT2D eigenvalue weighted by Crippen LogP contribution is -2.49. The fourth-order valence-corrected chi connectivity index (χ4v) is 4.11. The number of hydrogen-bond donors (Lipinski definition) is 1. The molecule has 0 spiro atoms. The molecule has 1 saturated heterocycles. The Morgan fingerprint density at radius 3 is 2.29 bits per heavy atom. The minimum atomic E-state index is -3.38. The molecule has 0 aliphatic carbocycles. The minimum absolute atomic E-state index is 0.146. The Balaban J connectivity index is 2.43. The van der Waals surface area contributed by atoms with Gasteiger partial charge in [-0.05, 0) is 25.0 Å². The summed E-state index contributed by atoms with van der Waals surface area (Å²) < 4.78 is 29.6. The molecule has 0 amide bonds. The summed E-state index contributed by atoms with van der Waals surface area (Å²) in [7, 11) is -3.38. The molecule has 1 aromatic carbocycles. The van der Waals surface area contributed by atoms with E-state index in [1.807, 2.05) is 0 Å². The number of rotatable bonds is 3. The van der Waals surface area contributed by atoms with E-state index in [2.05, 4.69) is 0 Å². The van der Waals surface area contributed by atoms with Crippen LogP contribution in [0, 0.1) is 0 Å². The van der Waals surface area contributed by atoms with Gasteiger partial charge in [-0.3, -0.25) is 0 Å². The smallest absolute Gasteiger partial charge is 0.185 e. The van der Waals surface area contributed by atoms with Crippen molar-refractivity contribution in [3.63, 3.8) is 0 Å². The molecule has 5 heteroatoms. The van der Waals surface area contributed by atoms with Crippen LogP contribution in [0.2, 0.25) is 0 Å². The summed E-state index contributed by atoms with van der Waals surface area (Å²) in [5.74, 6) is 0. The van der Waals surface area contributed by atoms with Crippen LogP contribution in [0.25, 0.3) is 0 Å². The predicted molar refractivity (Wildman–Crippen MR) is 65.5 cm³/mol. The molecule has 94 valence electrons. The number of nitrogens with two attached hydrogens (primary N) is 1. The molecular weight excluding hydrogens is 238 g/mol. The van der Waals surface area contributed by atoms with Crippen molar-refractivity contribution in [3.8, 4) is 0 Å². The van der Waals surface area contributed by atoms with E-state index in [1.54, 1.807) is 30.3 Å².